The zero-order valence-electron chi connectivity index (χ0n) is 12.1. The van der Waals surface area contributed by atoms with E-state index in [2.05, 4.69) is 14.6 Å². The maximum atomic E-state index is 6.04. The Balaban J connectivity index is 1.96. The lowest BCUT2D eigenvalue weighted by Crippen LogP contribution is -2.10. The molecular weight excluding hydrogens is 288 g/mol. The van der Waals surface area contributed by atoms with Crippen LogP contribution in [-0.2, 0) is 19.0 Å². The molecule has 6 heteroatoms. The topological polar surface area (TPSA) is 44.9 Å². The van der Waals surface area contributed by atoms with Gasteiger partial charge in [0, 0.05) is 12.7 Å². The van der Waals surface area contributed by atoms with Gasteiger partial charge in [-0.25, -0.2) is 4.98 Å². The molecule has 3 aromatic rings. The highest BCUT2D eigenvalue weighted by Gasteiger charge is 2.13. The van der Waals surface area contributed by atoms with Crippen LogP contribution in [0.3, 0.4) is 0 Å². The van der Waals surface area contributed by atoms with Gasteiger partial charge in [0.15, 0.2) is 0 Å². The molecular formula is C15H17ClN4O. The van der Waals surface area contributed by atoms with Crippen molar-refractivity contribution >= 4 is 22.6 Å². The van der Waals surface area contributed by atoms with Crippen LogP contribution in [0.25, 0.3) is 11.0 Å². The number of ether oxygens (including phenoxy) is 1. The molecule has 1 aromatic carbocycles. The first-order valence-corrected chi connectivity index (χ1v) is 7.33. The van der Waals surface area contributed by atoms with E-state index in [-0.39, 0.29) is 0 Å². The predicted molar refractivity (Wildman–Crippen MR) is 82.8 cm³/mol. The fraction of sp³-hybridized carbons (Fsp3) is 0.333. The third-order valence-electron chi connectivity index (χ3n) is 3.48. The molecule has 0 saturated heterocycles. The number of rotatable bonds is 5. The number of hydrogen-bond acceptors (Lipinski definition) is 3. The van der Waals surface area contributed by atoms with Gasteiger partial charge >= 0.3 is 0 Å². The molecule has 0 radical (unpaired) electrons. The molecule has 0 aliphatic rings. The van der Waals surface area contributed by atoms with Crippen LogP contribution in [0.15, 0.2) is 30.6 Å². The lowest BCUT2D eigenvalue weighted by Gasteiger charge is -2.08. The predicted octanol–water partition coefficient (Wildman–Crippen LogP) is 2.99. The van der Waals surface area contributed by atoms with Crippen molar-refractivity contribution in [1.82, 2.24) is 19.3 Å². The average molecular weight is 305 g/mol. The Hall–Kier alpha value is -2.01. The summed E-state index contributed by atoms with van der Waals surface area (Å²) in [5, 5.41) is 4.31. The van der Waals surface area contributed by atoms with Crippen LogP contribution in [0.1, 0.15) is 11.4 Å². The van der Waals surface area contributed by atoms with E-state index in [4.69, 9.17) is 16.3 Å². The van der Waals surface area contributed by atoms with Crippen LogP contribution in [0.4, 0.5) is 0 Å². The normalized spacial score (nSPS) is 11.2. The molecule has 0 aliphatic carbocycles. The van der Waals surface area contributed by atoms with Crippen LogP contribution in [-0.4, -0.2) is 26.4 Å². The van der Waals surface area contributed by atoms with E-state index in [9.17, 15) is 0 Å². The molecule has 0 N–H and O–H groups in total. The minimum atomic E-state index is 0.371. The van der Waals surface area contributed by atoms with Crippen molar-refractivity contribution in [3.8, 4) is 5.75 Å². The molecule has 3 rings (SSSR count). The molecule has 5 nitrogen and oxygen atoms in total. The number of para-hydroxylation sites is 1. The Morgan fingerprint density at radius 2 is 2.14 bits per heavy atom. The van der Waals surface area contributed by atoms with Gasteiger partial charge in [-0.2, -0.15) is 5.10 Å². The molecule has 110 valence electrons. The van der Waals surface area contributed by atoms with Crippen LogP contribution in [0.2, 0.25) is 0 Å². The van der Waals surface area contributed by atoms with Gasteiger partial charge in [-0.05, 0) is 24.6 Å². The summed E-state index contributed by atoms with van der Waals surface area (Å²) >= 11 is 6.04. The number of aryl methyl sites for hydroxylation is 3. The molecule has 0 spiro atoms. The van der Waals surface area contributed by atoms with Crippen molar-refractivity contribution in [2.45, 2.75) is 25.9 Å². The molecule has 0 bridgehead atoms. The van der Waals surface area contributed by atoms with Crippen LogP contribution < -0.4 is 4.74 Å². The maximum Gasteiger partial charge on any atom is 0.146 e. The quantitative estimate of drug-likeness (QED) is 0.681. The number of methoxy groups -OCH3 is 1. The lowest BCUT2D eigenvalue weighted by molar-refractivity contribution is 0.419. The highest BCUT2D eigenvalue weighted by Crippen LogP contribution is 2.26. The summed E-state index contributed by atoms with van der Waals surface area (Å²) in [6.45, 7) is 3.58. The third-order valence-corrected chi connectivity index (χ3v) is 3.71. The third kappa shape index (κ3) is 2.61. The second-order valence-electron chi connectivity index (χ2n) is 4.92. The smallest absolute Gasteiger partial charge is 0.146 e. The maximum absolute atomic E-state index is 6.04. The van der Waals surface area contributed by atoms with E-state index in [1.807, 2.05) is 42.2 Å². The number of aromatic nitrogens is 4. The van der Waals surface area contributed by atoms with E-state index >= 15 is 0 Å². The minimum Gasteiger partial charge on any atom is -0.494 e. The number of fused-ring (bicyclic) bond motifs is 1. The first-order chi connectivity index (χ1) is 10.2. The highest BCUT2D eigenvalue weighted by atomic mass is 35.5. The SMILES string of the molecule is COc1cccc2c1nc(CCl)n2CCn1cc(C)cn1. The Bertz CT molecular complexity index is 762. The van der Waals surface area contributed by atoms with Crippen molar-refractivity contribution < 1.29 is 4.74 Å². The second kappa shape index (κ2) is 5.77. The molecule has 2 heterocycles. The van der Waals surface area contributed by atoms with Crippen molar-refractivity contribution in [3.05, 3.63) is 42.0 Å². The zero-order valence-corrected chi connectivity index (χ0v) is 12.8. The van der Waals surface area contributed by atoms with Gasteiger partial charge in [0.25, 0.3) is 0 Å². The van der Waals surface area contributed by atoms with Gasteiger partial charge in [0.1, 0.15) is 17.1 Å². The lowest BCUT2D eigenvalue weighted by atomic mass is 10.3. The van der Waals surface area contributed by atoms with Crippen molar-refractivity contribution in [2.24, 2.45) is 0 Å². The summed E-state index contributed by atoms with van der Waals surface area (Å²) in [5.41, 5.74) is 3.05. The number of imidazole rings is 1. The van der Waals surface area contributed by atoms with E-state index in [1.54, 1.807) is 7.11 Å². The zero-order chi connectivity index (χ0) is 14.8. The molecule has 21 heavy (non-hydrogen) atoms. The molecule has 0 aliphatic heterocycles. The molecule has 0 fully saturated rings. The highest BCUT2D eigenvalue weighted by molar-refractivity contribution is 6.16. The van der Waals surface area contributed by atoms with Crippen LogP contribution >= 0.6 is 11.6 Å². The van der Waals surface area contributed by atoms with Gasteiger partial charge in [0.2, 0.25) is 0 Å². The number of benzene rings is 1. The van der Waals surface area contributed by atoms with E-state index in [1.165, 1.54) is 0 Å². The van der Waals surface area contributed by atoms with Gasteiger partial charge < -0.3 is 9.30 Å². The Morgan fingerprint density at radius 1 is 1.29 bits per heavy atom. The Morgan fingerprint density at radius 3 is 2.81 bits per heavy atom. The summed E-state index contributed by atoms with van der Waals surface area (Å²) in [6, 6.07) is 5.92. The number of halogens is 1. The van der Waals surface area contributed by atoms with E-state index in [0.717, 1.165) is 41.3 Å². The second-order valence-corrected chi connectivity index (χ2v) is 5.19. The summed E-state index contributed by atoms with van der Waals surface area (Å²) in [4.78, 5) is 4.60. The van der Waals surface area contributed by atoms with Crippen LogP contribution in [0.5, 0.6) is 5.75 Å². The van der Waals surface area contributed by atoms with Crippen molar-refractivity contribution in [3.63, 3.8) is 0 Å². The standard InChI is InChI=1S/C15H17ClN4O/c1-11-9-17-19(10-11)6-7-20-12-4-3-5-13(21-2)15(12)18-14(20)8-16/h3-5,9-10H,6-8H2,1-2H3. The molecule has 2 aromatic heterocycles. The monoisotopic (exact) mass is 304 g/mol. The average Bonchev–Trinajstić information content (AvgIpc) is 3.07. The molecule has 0 amide bonds. The van der Waals surface area contributed by atoms with E-state index in [0.29, 0.717) is 5.88 Å². The van der Waals surface area contributed by atoms with Crippen LogP contribution in [0, 0.1) is 6.92 Å². The minimum absolute atomic E-state index is 0.371. The largest absolute Gasteiger partial charge is 0.494 e. The molecule has 0 atom stereocenters. The Kier molecular flexibility index (Phi) is 3.84. The summed E-state index contributed by atoms with van der Waals surface area (Å²) in [7, 11) is 1.65. The summed E-state index contributed by atoms with van der Waals surface area (Å²) in [6.07, 6.45) is 3.89. The molecule has 0 saturated carbocycles. The van der Waals surface area contributed by atoms with Gasteiger partial charge in [0.05, 0.1) is 31.2 Å². The van der Waals surface area contributed by atoms with Crippen molar-refractivity contribution in [2.75, 3.05) is 7.11 Å². The molecule has 0 unspecified atom stereocenters. The number of nitrogens with zero attached hydrogens (tertiary/aromatic N) is 4. The fourth-order valence-electron chi connectivity index (χ4n) is 2.48. The number of hydrogen-bond donors (Lipinski definition) is 0. The van der Waals surface area contributed by atoms with Gasteiger partial charge in [-0.3, -0.25) is 4.68 Å². The Labute approximate surface area is 128 Å². The van der Waals surface area contributed by atoms with Gasteiger partial charge in [-0.15, -0.1) is 11.6 Å². The van der Waals surface area contributed by atoms with Gasteiger partial charge in [-0.1, -0.05) is 6.07 Å². The van der Waals surface area contributed by atoms with E-state index < -0.39 is 0 Å². The fourth-order valence-corrected chi connectivity index (χ4v) is 2.68. The number of alkyl halides is 1. The summed E-state index contributed by atoms with van der Waals surface area (Å²) < 4.78 is 9.43. The first-order valence-electron chi connectivity index (χ1n) is 6.80. The first kappa shape index (κ1) is 13.9. The van der Waals surface area contributed by atoms with Crippen molar-refractivity contribution in [1.29, 1.82) is 0 Å². The summed E-state index contributed by atoms with van der Waals surface area (Å²) in [5.74, 6) is 1.99.